The predicted octanol–water partition coefficient (Wildman–Crippen LogP) is 5.65. The number of pyridine rings is 1. The molecule has 1 N–H and O–H groups in total. The van der Waals surface area contributed by atoms with Crippen molar-refractivity contribution >= 4 is 33.6 Å². The Balaban J connectivity index is 1.98. The van der Waals surface area contributed by atoms with Crippen LogP contribution < -0.4 is 4.74 Å². The maximum absolute atomic E-state index is 10.8. The summed E-state index contributed by atoms with van der Waals surface area (Å²) in [4.78, 5) is 4.10. The van der Waals surface area contributed by atoms with Gasteiger partial charge in [-0.2, -0.15) is 0 Å². The average Bonchev–Trinajstić information content (AvgIpc) is 2.64. The van der Waals surface area contributed by atoms with E-state index in [1.807, 2.05) is 42.5 Å². The zero-order chi connectivity index (χ0) is 17.6. The molecular formula is C20H15BrClNO2. The Bertz CT molecular complexity index is 869. The van der Waals surface area contributed by atoms with Crippen LogP contribution in [0.25, 0.3) is 6.08 Å². The minimum absolute atomic E-state index is 0.391. The van der Waals surface area contributed by atoms with E-state index in [0.717, 1.165) is 11.1 Å². The second-order valence-corrected chi connectivity index (χ2v) is 6.61. The minimum Gasteiger partial charge on any atom is -0.457 e. The average molecular weight is 417 g/mol. The van der Waals surface area contributed by atoms with Crippen LogP contribution in [0.15, 0.2) is 83.3 Å². The number of rotatable bonds is 5. The third kappa shape index (κ3) is 4.69. The third-order valence-corrected chi connectivity index (χ3v) is 4.35. The van der Waals surface area contributed by atoms with Crippen LogP contribution in [0.5, 0.6) is 5.75 Å². The van der Waals surface area contributed by atoms with Gasteiger partial charge in [-0.1, -0.05) is 48.0 Å². The molecule has 0 fully saturated rings. The van der Waals surface area contributed by atoms with E-state index in [9.17, 15) is 5.11 Å². The summed E-state index contributed by atoms with van der Waals surface area (Å²) < 4.78 is 6.70. The molecule has 1 heterocycles. The topological polar surface area (TPSA) is 42.4 Å². The molecule has 0 bridgehead atoms. The number of hydrogen-bond donors (Lipinski definition) is 1. The van der Waals surface area contributed by atoms with Crippen molar-refractivity contribution in [3.63, 3.8) is 0 Å². The van der Waals surface area contributed by atoms with Crippen molar-refractivity contribution in [2.75, 3.05) is 0 Å². The molecule has 0 radical (unpaired) electrons. The number of halogens is 2. The Morgan fingerprint density at radius 2 is 1.92 bits per heavy atom. The van der Waals surface area contributed by atoms with Crippen LogP contribution in [0, 0.1) is 0 Å². The summed E-state index contributed by atoms with van der Waals surface area (Å²) in [5.41, 5.74) is 1.57. The molecule has 126 valence electrons. The molecule has 5 heteroatoms. The van der Waals surface area contributed by atoms with Gasteiger partial charge in [0.1, 0.15) is 17.6 Å². The monoisotopic (exact) mass is 415 g/mol. The van der Waals surface area contributed by atoms with Crippen LogP contribution in [-0.4, -0.2) is 10.1 Å². The highest BCUT2D eigenvalue weighted by atomic mass is 79.9. The van der Waals surface area contributed by atoms with Crippen molar-refractivity contribution in [3.8, 4) is 5.75 Å². The van der Waals surface area contributed by atoms with E-state index < -0.39 is 6.10 Å². The molecule has 0 aliphatic heterocycles. The number of ether oxygens (including phenoxy) is 1. The van der Waals surface area contributed by atoms with Crippen LogP contribution in [0.2, 0.25) is 5.02 Å². The van der Waals surface area contributed by atoms with Crippen molar-refractivity contribution in [2.45, 2.75) is 6.10 Å². The second kappa shape index (κ2) is 8.30. The first kappa shape index (κ1) is 17.7. The molecule has 1 unspecified atom stereocenters. The molecule has 2 aromatic carbocycles. The van der Waals surface area contributed by atoms with Gasteiger partial charge < -0.3 is 9.84 Å². The normalized spacial score (nSPS) is 12.7. The molecule has 0 saturated carbocycles. The van der Waals surface area contributed by atoms with E-state index >= 15 is 0 Å². The van der Waals surface area contributed by atoms with Gasteiger partial charge in [-0.3, -0.25) is 4.98 Å². The predicted molar refractivity (Wildman–Crippen MR) is 103 cm³/mol. The largest absolute Gasteiger partial charge is 0.457 e. The molecule has 0 saturated heterocycles. The summed E-state index contributed by atoms with van der Waals surface area (Å²) in [6.07, 6.45) is 4.26. The van der Waals surface area contributed by atoms with Gasteiger partial charge in [0, 0.05) is 17.4 Å². The Morgan fingerprint density at radius 1 is 1.12 bits per heavy atom. The van der Waals surface area contributed by atoms with E-state index in [4.69, 9.17) is 16.3 Å². The zero-order valence-corrected chi connectivity index (χ0v) is 15.5. The second-order valence-electron chi connectivity index (χ2n) is 5.32. The molecule has 3 nitrogen and oxygen atoms in total. The molecule has 1 atom stereocenters. The lowest BCUT2D eigenvalue weighted by molar-refractivity contribution is 0.165. The molecule has 0 aliphatic carbocycles. The molecule has 0 aliphatic rings. The van der Waals surface area contributed by atoms with Crippen molar-refractivity contribution in [1.29, 1.82) is 0 Å². The summed E-state index contributed by atoms with van der Waals surface area (Å²) in [6, 6.07) is 18.3. The highest BCUT2D eigenvalue weighted by Gasteiger charge is 2.17. The lowest BCUT2D eigenvalue weighted by Crippen LogP contribution is -2.08. The summed E-state index contributed by atoms with van der Waals surface area (Å²) >= 11 is 9.42. The number of benzene rings is 2. The fourth-order valence-electron chi connectivity index (χ4n) is 2.27. The molecule has 1 aromatic heterocycles. The van der Waals surface area contributed by atoms with Crippen LogP contribution in [-0.2, 0) is 0 Å². The van der Waals surface area contributed by atoms with E-state index in [1.54, 1.807) is 36.7 Å². The number of aliphatic hydroxyl groups excluding tert-OH is 1. The van der Waals surface area contributed by atoms with Gasteiger partial charge in [0.15, 0.2) is 0 Å². The maximum atomic E-state index is 10.8. The Kier molecular flexibility index (Phi) is 5.87. The number of aromatic nitrogens is 1. The summed E-state index contributed by atoms with van der Waals surface area (Å²) in [7, 11) is 0. The SMILES string of the molecule is OC(C(=Cc1cccnc1)Oc1ccc(Cl)cc1Br)c1ccccc1. The molecule has 3 aromatic rings. The number of nitrogens with zero attached hydrogens (tertiary/aromatic N) is 1. The smallest absolute Gasteiger partial charge is 0.141 e. The summed E-state index contributed by atoms with van der Waals surface area (Å²) in [6.45, 7) is 0. The summed E-state index contributed by atoms with van der Waals surface area (Å²) in [5.74, 6) is 0.955. The highest BCUT2D eigenvalue weighted by Crippen LogP contribution is 2.33. The fourth-order valence-corrected chi connectivity index (χ4v) is 3.04. The van der Waals surface area contributed by atoms with Crippen LogP contribution in [0.4, 0.5) is 0 Å². The van der Waals surface area contributed by atoms with Crippen molar-refractivity contribution in [1.82, 2.24) is 4.98 Å². The number of hydrogen-bond acceptors (Lipinski definition) is 3. The Hall–Kier alpha value is -2.14. The molecule has 0 spiro atoms. The Labute approximate surface area is 159 Å². The van der Waals surface area contributed by atoms with E-state index in [-0.39, 0.29) is 0 Å². The number of aliphatic hydroxyl groups is 1. The lowest BCUT2D eigenvalue weighted by atomic mass is 10.1. The van der Waals surface area contributed by atoms with Crippen molar-refractivity contribution in [2.24, 2.45) is 0 Å². The standard InChI is InChI=1S/C20H15BrClNO2/c21-17-12-16(22)8-9-18(17)25-19(11-14-5-4-10-23-13-14)20(24)15-6-2-1-3-7-15/h1-13,20,24H. The minimum atomic E-state index is -0.913. The van der Waals surface area contributed by atoms with Gasteiger partial charge in [-0.05, 0) is 57.4 Å². The first-order chi connectivity index (χ1) is 12.1. The molecule has 25 heavy (non-hydrogen) atoms. The molecule has 0 amide bonds. The summed E-state index contributed by atoms with van der Waals surface area (Å²) in [5, 5.41) is 11.4. The van der Waals surface area contributed by atoms with Crippen LogP contribution in [0.3, 0.4) is 0 Å². The first-order valence-corrected chi connectivity index (χ1v) is 8.78. The van der Waals surface area contributed by atoms with Crippen LogP contribution in [0.1, 0.15) is 17.2 Å². The quantitative estimate of drug-likeness (QED) is 0.546. The van der Waals surface area contributed by atoms with Gasteiger partial charge in [0.25, 0.3) is 0 Å². The van der Waals surface area contributed by atoms with Gasteiger partial charge in [0.2, 0.25) is 0 Å². The first-order valence-electron chi connectivity index (χ1n) is 7.61. The van der Waals surface area contributed by atoms with E-state index in [2.05, 4.69) is 20.9 Å². The van der Waals surface area contributed by atoms with Gasteiger partial charge in [-0.15, -0.1) is 0 Å². The van der Waals surface area contributed by atoms with Crippen molar-refractivity contribution < 1.29 is 9.84 Å². The fraction of sp³-hybridized carbons (Fsp3) is 0.0500. The highest BCUT2D eigenvalue weighted by molar-refractivity contribution is 9.10. The zero-order valence-electron chi connectivity index (χ0n) is 13.1. The molecule has 3 rings (SSSR count). The third-order valence-electron chi connectivity index (χ3n) is 3.50. The van der Waals surface area contributed by atoms with Crippen LogP contribution >= 0.6 is 27.5 Å². The Morgan fingerprint density at radius 3 is 2.60 bits per heavy atom. The maximum Gasteiger partial charge on any atom is 0.141 e. The van der Waals surface area contributed by atoms with Gasteiger partial charge >= 0.3 is 0 Å². The van der Waals surface area contributed by atoms with E-state index in [0.29, 0.717) is 21.0 Å². The lowest BCUT2D eigenvalue weighted by Gasteiger charge is -2.18. The van der Waals surface area contributed by atoms with Gasteiger partial charge in [0.05, 0.1) is 4.47 Å². The van der Waals surface area contributed by atoms with Gasteiger partial charge in [-0.25, -0.2) is 0 Å². The van der Waals surface area contributed by atoms with Crippen molar-refractivity contribution in [3.05, 3.63) is 99.4 Å². The van der Waals surface area contributed by atoms with E-state index in [1.165, 1.54) is 0 Å². The molecular weight excluding hydrogens is 402 g/mol.